The third-order valence-corrected chi connectivity index (χ3v) is 12.6. The third kappa shape index (κ3) is 3.54. The van der Waals surface area contributed by atoms with Crippen LogP contribution >= 0.6 is 11.3 Å². The van der Waals surface area contributed by atoms with Gasteiger partial charge in [-0.25, -0.2) is 9.97 Å². The molecule has 0 amide bonds. The summed E-state index contributed by atoms with van der Waals surface area (Å²) in [6.45, 7) is 0. The van der Waals surface area contributed by atoms with Crippen LogP contribution in [0.2, 0.25) is 0 Å². The molecule has 13 aromatic rings. The van der Waals surface area contributed by atoms with E-state index in [1.54, 1.807) is 11.3 Å². The Balaban J connectivity index is 1.26. The lowest BCUT2D eigenvalue weighted by molar-refractivity contribution is 1.09. The molecule has 0 radical (unpaired) electrons. The predicted molar refractivity (Wildman–Crippen MR) is 224 cm³/mol. The number of thiophene rings is 1. The first-order chi connectivity index (χ1) is 26.3. The molecule has 0 atom stereocenters. The van der Waals surface area contributed by atoms with Gasteiger partial charge in [0.25, 0.3) is 0 Å². The van der Waals surface area contributed by atoms with E-state index in [0.29, 0.717) is 0 Å². The van der Waals surface area contributed by atoms with E-state index in [9.17, 15) is 0 Å². The Morgan fingerprint density at radius 2 is 1.11 bits per heavy atom. The Morgan fingerprint density at radius 1 is 0.434 bits per heavy atom. The molecule has 0 saturated heterocycles. The van der Waals surface area contributed by atoms with E-state index in [1.165, 1.54) is 80.6 Å². The summed E-state index contributed by atoms with van der Waals surface area (Å²) in [5, 5.41) is 13.5. The molecule has 5 heteroatoms. The number of nitrogens with zero attached hydrogens (tertiary/aromatic N) is 4. The fourth-order valence-electron chi connectivity index (χ4n) is 9.16. The minimum absolute atomic E-state index is 0.728. The smallest absolute Gasteiger partial charge is 0.162 e. The highest BCUT2D eigenvalue weighted by Crippen LogP contribution is 2.48. The maximum Gasteiger partial charge on any atom is 0.162 e. The number of para-hydroxylation sites is 2. The highest BCUT2D eigenvalue weighted by Gasteiger charge is 2.27. The summed E-state index contributed by atoms with van der Waals surface area (Å²) in [7, 11) is 0. The van der Waals surface area contributed by atoms with Crippen molar-refractivity contribution in [1.82, 2.24) is 18.9 Å². The average Bonchev–Trinajstić information content (AvgIpc) is 3.96. The molecule has 0 unspecified atom stereocenters. The van der Waals surface area contributed by atoms with Crippen molar-refractivity contribution in [1.29, 1.82) is 0 Å². The first-order valence-electron chi connectivity index (χ1n) is 18.0. The summed E-state index contributed by atoms with van der Waals surface area (Å²) in [5.41, 5.74) is 8.05. The lowest BCUT2D eigenvalue weighted by atomic mass is 10.0. The second kappa shape index (κ2) is 9.94. The van der Waals surface area contributed by atoms with E-state index in [0.717, 1.165) is 38.3 Å². The van der Waals surface area contributed by atoms with Crippen LogP contribution in [0.3, 0.4) is 0 Å². The first kappa shape index (κ1) is 27.8. The SMILES string of the molecule is c1ccc2cc(-c3nc(-n4c5ccccc5c5cc6c7ccc8ccccc8c7n7c8ccccc8c(c54)c67)c4sc5ccccc5c4n3)ccc2c1. The van der Waals surface area contributed by atoms with Crippen molar-refractivity contribution in [3.63, 3.8) is 0 Å². The van der Waals surface area contributed by atoms with Crippen LogP contribution in [0.4, 0.5) is 0 Å². The molecular formula is C48H26N4S. The highest BCUT2D eigenvalue weighted by atomic mass is 32.1. The van der Waals surface area contributed by atoms with Gasteiger partial charge in [-0.3, -0.25) is 4.57 Å². The summed E-state index contributed by atoms with van der Waals surface area (Å²) in [6.07, 6.45) is 0. The van der Waals surface area contributed by atoms with Gasteiger partial charge in [0.15, 0.2) is 11.6 Å². The zero-order chi connectivity index (χ0) is 34.4. The van der Waals surface area contributed by atoms with E-state index >= 15 is 0 Å². The molecule has 244 valence electrons. The topological polar surface area (TPSA) is 35.1 Å². The lowest BCUT2D eigenvalue weighted by Gasteiger charge is -2.12. The molecule has 0 N–H and O–H groups in total. The summed E-state index contributed by atoms with van der Waals surface area (Å²) < 4.78 is 7.27. The minimum atomic E-state index is 0.728. The quantitative estimate of drug-likeness (QED) is 0.181. The molecule has 0 fully saturated rings. The number of rotatable bonds is 2. The van der Waals surface area contributed by atoms with Gasteiger partial charge in [-0.1, -0.05) is 127 Å². The molecule has 5 aromatic heterocycles. The van der Waals surface area contributed by atoms with Gasteiger partial charge in [-0.2, -0.15) is 0 Å². The van der Waals surface area contributed by atoms with Crippen LogP contribution in [0.1, 0.15) is 0 Å². The molecule has 8 aromatic carbocycles. The Bertz CT molecular complexity index is 3700. The maximum absolute atomic E-state index is 5.58. The van der Waals surface area contributed by atoms with Gasteiger partial charge in [0.2, 0.25) is 0 Å². The monoisotopic (exact) mass is 690 g/mol. The van der Waals surface area contributed by atoms with Gasteiger partial charge >= 0.3 is 0 Å². The van der Waals surface area contributed by atoms with Gasteiger partial charge in [0.1, 0.15) is 0 Å². The van der Waals surface area contributed by atoms with Gasteiger partial charge in [0, 0.05) is 53.4 Å². The average molecular weight is 691 g/mol. The van der Waals surface area contributed by atoms with Gasteiger partial charge < -0.3 is 4.40 Å². The normalized spacial score (nSPS) is 12.5. The van der Waals surface area contributed by atoms with Gasteiger partial charge in [0.05, 0.1) is 37.8 Å². The number of aromatic nitrogens is 4. The molecule has 0 aliphatic rings. The zero-order valence-electron chi connectivity index (χ0n) is 28.2. The van der Waals surface area contributed by atoms with E-state index < -0.39 is 0 Å². The summed E-state index contributed by atoms with van der Waals surface area (Å²) in [5.74, 6) is 1.64. The summed E-state index contributed by atoms with van der Waals surface area (Å²) >= 11 is 1.78. The zero-order valence-corrected chi connectivity index (χ0v) is 29.0. The Hall–Kier alpha value is -6.82. The van der Waals surface area contributed by atoms with Crippen molar-refractivity contribution < 1.29 is 0 Å². The van der Waals surface area contributed by atoms with E-state index in [2.05, 4.69) is 167 Å². The minimum Gasteiger partial charge on any atom is -0.307 e. The van der Waals surface area contributed by atoms with E-state index in [1.807, 2.05) is 0 Å². The van der Waals surface area contributed by atoms with E-state index in [-0.39, 0.29) is 0 Å². The molecule has 5 heterocycles. The molecule has 0 spiro atoms. The van der Waals surface area contributed by atoms with Crippen LogP contribution in [-0.4, -0.2) is 18.9 Å². The molecule has 13 rings (SSSR count). The molecule has 53 heavy (non-hydrogen) atoms. The van der Waals surface area contributed by atoms with Crippen LogP contribution in [-0.2, 0) is 0 Å². The van der Waals surface area contributed by atoms with Crippen molar-refractivity contribution in [2.45, 2.75) is 0 Å². The standard InChI is InChI=1S/C48H26N4S/c1-2-13-29-25-30(22-21-27(29)11-1)47-49-42-35-17-7-10-20-40(35)53-46(42)48(50-47)52-38-18-8-5-15-32(38)36-26-37-33-24-23-28-12-3-4-14-31(28)43(33)51-39-19-9-6-16-34(39)41(44(37)51)45(36)52/h1-26H. The first-order valence-corrected chi connectivity index (χ1v) is 18.8. The largest absolute Gasteiger partial charge is 0.307 e. The Morgan fingerprint density at radius 3 is 2.00 bits per heavy atom. The Kier molecular flexibility index (Phi) is 5.22. The number of fused-ring (bicyclic) bond motifs is 16. The predicted octanol–water partition coefficient (Wildman–Crippen LogP) is 13.1. The van der Waals surface area contributed by atoms with Crippen LogP contribution in [0.5, 0.6) is 0 Å². The summed E-state index contributed by atoms with van der Waals surface area (Å²) in [6, 6.07) is 57.3. The number of benzene rings is 8. The van der Waals surface area contributed by atoms with Crippen molar-refractivity contribution in [3.8, 4) is 17.2 Å². The molecule has 0 saturated carbocycles. The van der Waals surface area contributed by atoms with Crippen molar-refractivity contribution in [3.05, 3.63) is 158 Å². The highest BCUT2D eigenvalue weighted by molar-refractivity contribution is 7.26. The molecule has 0 bridgehead atoms. The second-order valence-electron chi connectivity index (χ2n) is 14.1. The van der Waals surface area contributed by atoms with Crippen molar-refractivity contribution in [2.24, 2.45) is 0 Å². The van der Waals surface area contributed by atoms with E-state index in [4.69, 9.17) is 9.97 Å². The Labute approximate surface area is 305 Å². The molecule has 0 aliphatic carbocycles. The summed E-state index contributed by atoms with van der Waals surface area (Å²) in [4.78, 5) is 10.9. The van der Waals surface area contributed by atoms with Crippen LogP contribution in [0.15, 0.2) is 158 Å². The maximum atomic E-state index is 5.58. The molecule has 4 nitrogen and oxygen atoms in total. The second-order valence-corrected chi connectivity index (χ2v) is 15.2. The fourth-order valence-corrected chi connectivity index (χ4v) is 10.3. The third-order valence-electron chi connectivity index (χ3n) is 11.4. The fraction of sp³-hybridized carbons (Fsp3) is 0. The molecule has 0 aliphatic heterocycles. The van der Waals surface area contributed by atoms with Gasteiger partial charge in [-0.15, -0.1) is 11.3 Å². The van der Waals surface area contributed by atoms with Crippen LogP contribution in [0.25, 0.3) is 119 Å². The van der Waals surface area contributed by atoms with Crippen molar-refractivity contribution in [2.75, 3.05) is 0 Å². The van der Waals surface area contributed by atoms with Crippen molar-refractivity contribution >= 4 is 113 Å². The molecular weight excluding hydrogens is 665 g/mol. The number of hydrogen-bond donors (Lipinski definition) is 0. The van der Waals surface area contributed by atoms with Crippen LogP contribution < -0.4 is 0 Å². The van der Waals surface area contributed by atoms with Crippen LogP contribution in [0, 0.1) is 0 Å². The lowest BCUT2D eigenvalue weighted by Crippen LogP contribution is -2.01. The van der Waals surface area contributed by atoms with Gasteiger partial charge in [-0.05, 0) is 46.5 Å². The number of hydrogen-bond acceptors (Lipinski definition) is 3.